The van der Waals surface area contributed by atoms with Crippen molar-refractivity contribution in [3.63, 3.8) is 0 Å². The average molecular weight is 568 g/mol. The van der Waals surface area contributed by atoms with E-state index >= 15 is 0 Å². The summed E-state index contributed by atoms with van der Waals surface area (Å²) in [6.45, 7) is 6.47. The number of pyridine rings is 1. The van der Waals surface area contributed by atoms with Gasteiger partial charge >= 0.3 is 25.0 Å². The number of fused-ring (bicyclic) bond motifs is 1. The largest absolute Gasteiger partial charge is 0.535 e. The molecule has 1 aromatic heterocycles. The molecule has 216 valence electrons. The lowest BCUT2D eigenvalue weighted by Gasteiger charge is -2.44. The Bertz CT molecular complexity index is 1430. The van der Waals surface area contributed by atoms with Gasteiger partial charge in [0, 0.05) is 31.4 Å². The molecule has 14 heteroatoms. The van der Waals surface area contributed by atoms with Crippen LogP contribution in [0.25, 0.3) is 0 Å². The summed E-state index contributed by atoms with van der Waals surface area (Å²) in [7, 11) is -1.50. The number of likely N-dealkylation sites (N-methyl/N-ethyl adjacent to an activating group) is 1. The van der Waals surface area contributed by atoms with Gasteiger partial charge in [0.1, 0.15) is 23.2 Å². The summed E-state index contributed by atoms with van der Waals surface area (Å²) >= 11 is 0. The molecule has 3 N–H and O–H groups in total. The molecular weight excluding hydrogens is 538 g/mol. The van der Waals surface area contributed by atoms with Crippen LogP contribution in [0.4, 0.5) is 9.18 Å². The van der Waals surface area contributed by atoms with Gasteiger partial charge in [0.05, 0.1) is 17.3 Å². The maximum absolute atomic E-state index is 14.9. The van der Waals surface area contributed by atoms with E-state index in [1.165, 1.54) is 11.8 Å². The number of hydrogen-bond donors (Lipinski definition) is 3. The predicted molar refractivity (Wildman–Crippen MR) is 142 cm³/mol. The van der Waals surface area contributed by atoms with Gasteiger partial charge in [-0.05, 0) is 45.7 Å². The predicted octanol–water partition coefficient (Wildman–Crippen LogP) is 1.79. The van der Waals surface area contributed by atoms with Crippen molar-refractivity contribution in [1.29, 1.82) is 0 Å². The van der Waals surface area contributed by atoms with E-state index in [9.17, 15) is 38.5 Å². The highest BCUT2D eigenvalue weighted by atomic mass is 19.1. The van der Waals surface area contributed by atoms with Crippen LogP contribution in [-0.4, -0.2) is 80.1 Å². The number of halogens is 1. The first-order chi connectivity index (χ1) is 19.2. The van der Waals surface area contributed by atoms with Crippen molar-refractivity contribution in [2.75, 3.05) is 13.1 Å². The molecule has 4 rings (SSSR count). The Morgan fingerprint density at radius 3 is 2.61 bits per heavy atom. The van der Waals surface area contributed by atoms with Crippen LogP contribution >= 0.6 is 0 Å². The Balaban J connectivity index is 1.63. The molecule has 12 nitrogen and oxygen atoms in total. The summed E-state index contributed by atoms with van der Waals surface area (Å²) in [5.74, 6) is -5.30. The summed E-state index contributed by atoms with van der Waals surface area (Å²) in [6, 6.07) is 2.74. The van der Waals surface area contributed by atoms with E-state index in [0.29, 0.717) is 16.5 Å². The van der Waals surface area contributed by atoms with Crippen molar-refractivity contribution in [1.82, 2.24) is 20.1 Å². The number of carbonyl (C=O) groups excluding carboxylic acids is 5. The van der Waals surface area contributed by atoms with Crippen LogP contribution < -0.4 is 9.97 Å². The number of hydrogen-bond acceptors (Lipinski definition) is 9. The summed E-state index contributed by atoms with van der Waals surface area (Å²) in [5.41, 5.74) is -0.840. The lowest BCUT2D eigenvalue weighted by atomic mass is 9.64. The van der Waals surface area contributed by atoms with Crippen LogP contribution in [0.2, 0.25) is 5.82 Å². The fourth-order valence-corrected chi connectivity index (χ4v) is 5.19. The minimum atomic E-state index is -1.75. The normalized spacial score (nSPS) is 18.9. The third-order valence-corrected chi connectivity index (χ3v) is 7.22. The molecule has 4 amide bonds. The van der Waals surface area contributed by atoms with Gasteiger partial charge < -0.3 is 25.0 Å². The second-order valence-electron chi connectivity index (χ2n) is 10.7. The maximum atomic E-state index is 14.9. The van der Waals surface area contributed by atoms with Gasteiger partial charge in [-0.1, -0.05) is 12.1 Å². The van der Waals surface area contributed by atoms with E-state index in [1.54, 1.807) is 39.0 Å². The topological polar surface area (TPSA) is 166 Å². The van der Waals surface area contributed by atoms with E-state index in [4.69, 9.17) is 4.65 Å². The van der Waals surface area contributed by atoms with Crippen molar-refractivity contribution in [3.05, 3.63) is 53.1 Å². The quantitative estimate of drug-likeness (QED) is 0.256. The molecule has 1 aromatic carbocycles. The van der Waals surface area contributed by atoms with Crippen molar-refractivity contribution >= 4 is 36.5 Å². The van der Waals surface area contributed by atoms with Gasteiger partial charge in [-0.3, -0.25) is 24.2 Å². The first-order valence-electron chi connectivity index (χ1n) is 13.0. The molecule has 2 aromatic rings. The zero-order valence-electron chi connectivity index (χ0n) is 23.0. The zero-order chi connectivity index (χ0) is 30.2. The third kappa shape index (κ3) is 5.78. The first-order valence-corrected chi connectivity index (χ1v) is 13.0. The van der Waals surface area contributed by atoms with E-state index in [2.05, 4.69) is 10.3 Å². The standard InChI is InChI=1S/C27H30BFN4O8/c1-5-32-13-27(3,4)33(25(38)24(32)37)26(39)31-22(21-19(29)11-17(35)12-30-21)20(36)10-16-9-15-7-6-8-18(14(2)34)23(15)41-28(16)40/h6-8,11-12,16,22,35,40H,5,9-10,13H2,1-4H3,(H,31,39)/t16-,22?/m1/s1. The monoisotopic (exact) mass is 568 g/mol. The van der Waals surface area contributed by atoms with Gasteiger partial charge in [-0.15, -0.1) is 0 Å². The van der Waals surface area contributed by atoms with Crippen molar-refractivity contribution < 1.29 is 43.1 Å². The lowest BCUT2D eigenvalue weighted by molar-refractivity contribution is -0.159. The Kier molecular flexibility index (Phi) is 8.16. The molecule has 2 aliphatic rings. The van der Waals surface area contributed by atoms with Crippen LogP contribution in [0.3, 0.4) is 0 Å². The number of carbonyl (C=O) groups is 5. The minimum absolute atomic E-state index is 0.0409. The SMILES string of the molecule is CCN1CC(C)(C)N(C(=O)NC(C(=O)C[C@H]2Cc3cccc(C(C)=O)c3OB2O)c2ncc(O)cc2F)C(=O)C1=O. The van der Waals surface area contributed by atoms with Crippen molar-refractivity contribution in [2.24, 2.45) is 0 Å². The Hall–Kier alpha value is -4.33. The maximum Gasteiger partial charge on any atom is 0.526 e. The first kappa shape index (κ1) is 29.7. The van der Waals surface area contributed by atoms with Crippen LogP contribution in [-0.2, 0) is 20.8 Å². The molecule has 0 bridgehead atoms. The summed E-state index contributed by atoms with van der Waals surface area (Å²) in [5, 5.41) is 22.7. The Labute approximate surface area is 235 Å². The number of imide groups is 1. The van der Waals surface area contributed by atoms with Gasteiger partial charge in [0.25, 0.3) is 0 Å². The molecule has 2 atom stereocenters. The molecule has 41 heavy (non-hydrogen) atoms. The number of benzene rings is 1. The second kappa shape index (κ2) is 11.3. The van der Waals surface area contributed by atoms with Crippen LogP contribution in [0.5, 0.6) is 11.5 Å². The fraction of sp³-hybridized carbons (Fsp3) is 0.407. The van der Waals surface area contributed by atoms with Gasteiger partial charge in [0.15, 0.2) is 17.4 Å². The fourth-order valence-electron chi connectivity index (χ4n) is 5.19. The minimum Gasteiger partial charge on any atom is -0.535 e. The van der Waals surface area contributed by atoms with E-state index in [1.807, 2.05) is 0 Å². The molecule has 1 unspecified atom stereocenters. The van der Waals surface area contributed by atoms with Crippen molar-refractivity contribution in [2.45, 2.75) is 57.9 Å². The Morgan fingerprint density at radius 1 is 1.27 bits per heavy atom. The molecule has 0 saturated carbocycles. The van der Waals surface area contributed by atoms with Crippen LogP contribution in [0.1, 0.15) is 61.8 Å². The molecule has 0 spiro atoms. The highest BCUT2D eigenvalue weighted by molar-refractivity contribution is 6.47. The molecule has 0 aliphatic carbocycles. The number of aromatic hydroxyl groups is 1. The number of nitrogens with zero attached hydrogens (tertiary/aromatic N) is 3. The number of aromatic nitrogens is 1. The number of ketones is 2. The number of amides is 4. The number of rotatable bonds is 7. The highest BCUT2D eigenvalue weighted by Crippen LogP contribution is 2.37. The summed E-state index contributed by atoms with van der Waals surface area (Å²) in [6.07, 6.45) is 0.605. The number of nitrogens with one attached hydrogen (secondary N) is 1. The number of Topliss-reactive ketones (excluding diaryl/α,β-unsaturated/α-hetero) is 2. The molecule has 1 fully saturated rings. The van der Waals surface area contributed by atoms with Crippen molar-refractivity contribution in [3.8, 4) is 11.5 Å². The summed E-state index contributed by atoms with van der Waals surface area (Å²) in [4.78, 5) is 70.2. The van der Waals surface area contributed by atoms with Gasteiger partial charge in [0.2, 0.25) is 0 Å². The molecule has 1 saturated heterocycles. The smallest absolute Gasteiger partial charge is 0.526 e. The van der Waals surface area contributed by atoms with Gasteiger partial charge in [-0.25, -0.2) is 14.1 Å². The second-order valence-corrected chi connectivity index (χ2v) is 10.7. The van der Waals surface area contributed by atoms with E-state index in [0.717, 1.165) is 6.20 Å². The van der Waals surface area contributed by atoms with E-state index in [-0.39, 0.29) is 36.6 Å². The molecule has 0 radical (unpaired) electrons. The zero-order valence-corrected chi connectivity index (χ0v) is 23.0. The third-order valence-electron chi connectivity index (χ3n) is 7.22. The lowest BCUT2D eigenvalue weighted by Crippen LogP contribution is -2.68. The number of urea groups is 1. The average Bonchev–Trinajstić information content (AvgIpc) is 2.89. The molecular formula is C27H30BFN4O8. The van der Waals surface area contributed by atoms with Gasteiger partial charge in [-0.2, -0.15) is 0 Å². The summed E-state index contributed by atoms with van der Waals surface area (Å²) < 4.78 is 20.5. The Morgan fingerprint density at radius 2 is 1.98 bits per heavy atom. The molecule has 2 aliphatic heterocycles. The van der Waals surface area contributed by atoms with E-state index < -0.39 is 71.8 Å². The molecule has 3 heterocycles. The highest BCUT2D eigenvalue weighted by Gasteiger charge is 2.48. The number of para-hydroxylation sites is 1. The number of piperazine rings is 1. The van der Waals surface area contributed by atoms with Crippen LogP contribution in [0, 0.1) is 5.82 Å². The van der Waals surface area contributed by atoms with Crippen LogP contribution in [0.15, 0.2) is 30.5 Å².